The molecule has 0 radical (unpaired) electrons. The van der Waals surface area contributed by atoms with Crippen molar-refractivity contribution in [1.82, 2.24) is 9.88 Å². The fourth-order valence-corrected chi connectivity index (χ4v) is 3.72. The van der Waals surface area contributed by atoms with Crippen LogP contribution in [0.15, 0.2) is 48.7 Å². The number of aromatic hydroxyl groups is 1. The summed E-state index contributed by atoms with van der Waals surface area (Å²) < 4.78 is 43.6. The SMILES string of the molecule is O=C(O)C(F)(F)F.O=C(c1cccc(O)c1)N1CC2(C1)OCCC2COCc1ccccn1. The first-order chi connectivity index (χ1) is 15.6. The quantitative estimate of drug-likeness (QED) is 0.695. The van der Waals surface area contributed by atoms with E-state index >= 15 is 0 Å². The van der Waals surface area contributed by atoms with Crippen LogP contribution in [0.2, 0.25) is 0 Å². The van der Waals surface area contributed by atoms with E-state index in [-0.39, 0.29) is 23.2 Å². The van der Waals surface area contributed by atoms with Crippen molar-refractivity contribution in [1.29, 1.82) is 0 Å². The molecule has 1 aromatic carbocycles. The van der Waals surface area contributed by atoms with Gasteiger partial charge in [0.05, 0.1) is 32.0 Å². The van der Waals surface area contributed by atoms with Crippen molar-refractivity contribution in [3.63, 3.8) is 0 Å². The number of benzene rings is 1. The minimum atomic E-state index is -5.08. The highest BCUT2D eigenvalue weighted by atomic mass is 19.4. The molecule has 4 rings (SSSR count). The molecule has 33 heavy (non-hydrogen) atoms. The Morgan fingerprint density at radius 2 is 1.94 bits per heavy atom. The normalized spacial score (nSPS) is 18.9. The Bertz CT molecular complexity index is 964. The van der Waals surface area contributed by atoms with Crippen LogP contribution in [0.5, 0.6) is 5.75 Å². The van der Waals surface area contributed by atoms with E-state index in [1.165, 1.54) is 6.07 Å². The molecule has 1 amide bonds. The molecule has 1 atom stereocenters. The number of amides is 1. The molecule has 11 heteroatoms. The van der Waals surface area contributed by atoms with Gasteiger partial charge in [0.25, 0.3) is 5.91 Å². The Hall–Kier alpha value is -3.18. The lowest BCUT2D eigenvalue weighted by atomic mass is 9.81. The standard InChI is InChI=1S/C20H22N2O4.C2HF3O2/c23-18-6-3-4-15(10-18)19(24)22-13-20(14-22)16(7-9-26-20)11-25-12-17-5-1-2-8-21-17;3-2(4,5)1(6)7/h1-6,8,10,16,23H,7,9,11-14H2;(H,6,7). The molecule has 1 aromatic heterocycles. The number of ether oxygens (including phenoxy) is 2. The second-order valence-corrected chi connectivity index (χ2v) is 7.75. The van der Waals surface area contributed by atoms with E-state index in [0.29, 0.717) is 38.5 Å². The first-order valence-corrected chi connectivity index (χ1v) is 10.1. The van der Waals surface area contributed by atoms with Gasteiger partial charge in [-0.1, -0.05) is 12.1 Å². The fourth-order valence-electron chi connectivity index (χ4n) is 3.72. The van der Waals surface area contributed by atoms with Gasteiger partial charge in [-0.3, -0.25) is 9.78 Å². The van der Waals surface area contributed by atoms with Gasteiger partial charge in [-0.15, -0.1) is 0 Å². The molecule has 2 fully saturated rings. The molecule has 0 bridgehead atoms. The number of halogens is 3. The zero-order valence-corrected chi connectivity index (χ0v) is 17.5. The van der Waals surface area contributed by atoms with Crippen molar-refractivity contribution in [3.8, 4) is 5.75 Å². The van der Waals surface area contributed by atoms with Crippen LogP contribution in [0.25, 0.3) is 0 Å². The number of rotatable bonds is 5. The zero-order chi connectivity index (χ0) is 24.1. The summed E-state index contributed by atoms with van der Waals surface area (Å²) in [5, 5.41) is 16.7. The Kier molecular flexibility index (Phi) is 7.54. The Labute approximate surface area is 187 Å². The second kappa shape index (κ2) is 10.2. The molecule has 2 aromatic rings. The summed E-state index contributed by atoms with van der Waals surface area (Å²) in [6.45, 7) is 2.92. The number of phenolic OH excluding ortho intramolecular Hbond substituents is 1. The van der Waals surface area contributed by atoms with Crippen molar-refractivity contribution in [2.24, 2.45) is 5.92 Å². The largest absolute Gasteiger partial charge is 0.508 e. The summed E-state index contributed by atoms with van der Waals surface area (Å²) in [6, 6.07) is 12.2. The number of aliphatic carboxylic acids is 1. The third kappa shape index (κ3) is 6.20. The number of nitrogens with zero attached hydrogens (tertiary/aromatic N) is 2. The highest BCUT2D eigenvalue weighted by molar-refractivity contribution is 5.95. The van der Waals surface area contributed by atoms with Gasteiger partial charge in [0, 0.05) is 24.3 Å². The molecule has 0 saturated carbocycles. The molecule has 3 heterocycles. The molecule has 2 saturated heterocycles. The van der Waals surface area contributed by atoms with Crippen LogP contribution in [0.3, 0.4) is 0 Å². The first-order valence-electron chi connectivity index (χ1n) is 10.1. The number of carboxylic acids is 1. The van der Waals surface area contributed by atoms with Gasteiger partial charge in [0.1, 0.15) is 11.4 Å². The summed E-state index contributed by atoms with van der Waals surface area (Å²) in [6.07, 6.45) is -2.38. The van der Waals surface area contributed by atoms with Crippen LogP contribution in [0.4, 0.5) is 13.2 Å². The number of carboxylic acid groups (broad SMARTS) is 1. The van der Waals surface area contributed by atoms with Crippen molar-refractivity contribution in [2.75, 3.05) is 26.3 Å². The zero-order valence-electron chi connectivity index (χ0n) is 17.5. The number of phenols is 1. The van der Waals surface area contributed by atoms with Crippen LogP contribution >= 0.6 is 0 Å². The number of aromatic nitrogens is 1. The summed E-state index contributed by atoms with van der Waals surface area (Å²) >= 11 is 0. The van der Waals surface area contributed by atoms with E-state index in [1.54, 1.807) is 29.3 Å². The molecule has 2 aliphatic rings. The van der Waals surface area contributed by atoms with Gasteiger partial charge in [0.15, 0.2) is 0 Å². The van der Waals surface area contributed by atoms with Gasteiger partial charge >= 0.3 is 12.1 Å². The van der Waals surface area contributed by atoms with Gasteiger partial charge in [-0.2, -0.15) is 13.2 Å². The lowest BCUT2D eigenvalue weighted by Gasteiger charge is -2.50. The lowest BCUT2D eigenvalue weighted by molar-refractivity contribution is -0.192. The number of pyridine rings is 1. The third-order valence-corrected chi connectivity index (χ3v) is 5.43. The Morgan fingerprint density at radius 1 is 1.21 bits per heavy atom. The predicted molar refractivity (Wildman–Crippen MR) is 108 cm³/mol. The van der Waals surface area contributed by atoms with Crippen molar-refractivity contribution in [3.05, 3.63) is 59.9 Å². The van der Waals surface area contributed by atoms with Gasteiger partial charge in [0.2, 0.25) is 0 Å². The van der Waals surface area contributed by atoms with Crippen LogP contribution in [-0.4, -0.2) is 70.1 Å². The van der Waals surface area contributed by atoms with E-state index in [9.17, 15) is 23.1 Å². The highest BCUT2D eigenvalue weighted by Crippen LogP contribution is 2.40. The van der Waals surface area contributed by atoms with E-state index in [0.717, 1.165) is 12.1 Å². The van der Waals surface area contributed by atoms with Gasteiger partial charge < -0.3 is 24.6 Å². The van der Waals surface area contributed by atoms with Crippen molar-refractivity contribution >= 4 is 11.9 Å². The number of hydrogen-bond acceptors (Lipinski definition) is 6. The van der Waals surface area contributed by atoms with Gasteiger partial charge in [-0.25, -0.2) is 4.79 Å². The maximum absolute atomic E-state index is 12.5. The van der Waals surface area contributed by atoms with Crippen LogP contribution in [0.1, 0.15) is 22.5 Å². The minimum Gasteiger partial charge on any atom is -0.508 e. The highest BCUT2D eigenvalue weighted by Gasteiger charge is 2.54. The monoisotopic (exact) mass is 468 g/mol. The molecule has 2 N–H and O–H groups in total. The van der Waals surface area contributed by atoms with Crippen molar-refractivity contribution in [2.45, 2.75) is 24.8 Å². The van der Waals surface area contributed by atoms with E-state index in [4.69, 9.17) is 19.4 Å². The lowest BCUT2D eigenvalue weighted by Crippen LogP contribution is -2.66. The average molecular weight is 468 g/mol. The van der Waals surface area contributed by atoms with Gasteiger partial charge in [-0.05, 0) is 36.8 Å². The maximum Gasteiger partial charge on any atom is 0.490 e. The predicted octanol–water partition coefficient (Wildman–Crippen LogP) is 2.87. The molecule has 8 nitrogen and oxygen atoms in total. The van der Waals surface area contributed by atoms with E-state index < -0.39 is 12.1 Å². The molecule has 178 valence electrons. The second-order valence-electron chi connectivity index (χ2n) is 7.75. The average Bonchev–Trinajstić information content (AvgIpc) is 3.17. The van der Waals surface area contributed by atoms with Crippen LogP contribution < -0.4 is 0 Å². The number of likely N-dealkylation sites (tertiary alicyclic amines) is 1. The molecule has 1 spiro atoms. The summed E-state index contributed by atoms with van der Waals surface area (Å²) in [5.74, 6) is -2.45. The Balaban J connectivity index is 0.000000383. The van der Waals surface area contributed by atoms with Crippen molar-refractivity contribution < 1.29 is 42.4 Å². The van der Waals surface area contributed by atoms with Crippen LogP contribution in [0, 0.1) is 5.92 Å². The summed E-state index contributed by atoms with van der Waals surface area (Å²) in [4.78, 5) is 27.5. The molecular formula is C22H23F3N2O6. The first kappa shape index (κ1) is 24.5. The third-order valence-electron chi connectivity index (χ3n) is 5.43. The maximum atomic E-state index is 12.5. The fraction of sp³-hybridized carbons (Fsp3) is 0.409. The van der Waals surface area contributed by atoms with E-state index in [1.807, 2.05) is 18.2 Å². The molecular weight excluding hydrogens is 445 g/mol. The molecule has 1 unspecified atom stereocenters. The topological polar surface area (TPSA) is 109 Å². The molecule has 0 aliphatic carbocycles. The number of alkyl halides is 3. The number of hydrogen-bond donors (Lipinski definition) is 2. The molecule has 2 aliphatic heterocycles. The smallest absolute Gasteiger partial charge is 0.490 e. The minimum absolute atomic E-state index is 0.0739. The van der Waals surface area contributed by atoms with E-state index in [2.05, 4.69) is 4.98 Å². The van der Waals surface area contributed by atoms with Crippen LogP contribution in [-0.2, 0) is 20.9 Å². The number of carbonyl (C=O) groups excluding carboxylic acids is 1. The summed E-state index contributed by atoms with van der Waals surface area (Å²) in [5.41, 5.74) is 1.12. The Morgan fingerprint density at radius 3 is 2.55 bits per heavy atom. The summed E-state index contributed by atoms with van der Waals surface area (Å²) in [7, 11) is 0. The number of carbonyl (C=O) groups is 2.